The van der Waals surface area contributed by atoms with Crippen LogP contribution in [-0.2, 0) is 18.9 Å². The molecule has 2 atom stereocenters. The molecule has 0 spiro atoms. The van der Waals surface area contributed by atoms with Gasteiger partial charge in [-0.3, -0.25) is 0 Å². The van der Waals surface area contributed by atoms with Crippen molar-refractivity contribution >= 4 is 17.8 Å². The topological polar surface area (TPSA) is 23.6 Å². The van der Waals surface area contributed by atoms with Gasteiger partial charge in [-0.05, 0) is 72.0 Å². The smallest absolute Gasteiger partial charge is 0.323 e. The highest BCUT2D eigenvalue weighted by Gasteiger charge is 2.38. The lowest BCUT2D eigenvalue weighted by Gasteiger charge is -2.42. The van der Waals surface area contributed by atoms with Crippen LogP contribution < -0.4 is 0 Å². The summed E-state index contributed by atoms with van der Waals surface area (Å²) >= 11 is 1.78. The first kappa shape index (κ1) is 29.1. The van der Waals surface area contributed by atoms with E-state index in [2.05, 4.69) is 13.8 Å². The summed E-state index contributed by atoms with van der Waals surface area (Å²) in [5.74, 6) is -0.412. The Labute approximate surface area is 216 Å². The van der Waals surface area contributed by atoms with E-state index in [1.807, 2.05) is 0 Å². The summed E-state index contributed by atoms with van der Waals surface area (Å²) in [5.41, 5.74) is -1.71. The highest BCUT2D eigenvalue weighted by atomic mass is 32.2. The van der Waals surface area contributed by atoms with Crippen LogP contribution in [0, 0.1) is 12.7 Å². The van der Waals surface area contributed by atoms with E-state index in [4.69, 9.17) is 0 Å². The maximum atomic E-state index is 13.8. The molecule has 0 unspecified atom stereocenters. The minimum Gasteiger partial charge on any atom is -0.323 e. The van der Waals surface area contributed by atoms with Gasteiger partial charge < -0.3 is 9.80 Å². The monoisotopic (exact) mass is 550 g/mol. The average Bonchev–Trinajstić information content (AvgIpc) is 2.77. The Kier molecular flexibility index (Phi) is 8.76. The molecule has 2 amide bonds. The van der Waals surface area contributed by atoms with Crippen molar-refractivity contribution in [2.75, 3.05) is 13.6 Å². The number of carbonyl (C=O) groups is 1. The number of aryl methyl sites for hydroxylation is 1. The molecular weight excluding hydrogens is 521 g/mol. The molecule has 0 radical (unpaired) electrons. The number of nitrogens with zero attached hydrogens (tertiary/aromatic N) is 2. The minimum atomic E-state index is -4.97. The molecule has 0 N–H and O–H groups in total. The van der Waals surface area contributed by atoms with Gasteiger partial charge in [-0.1, -0.05) is 19.9 Å². The number of likely N-dealkylation sites (tertiary alicyclic amines) is 1. The van der Waals surface area contributed by atoms with Gasteiger partial charge in [0, 0.05) is 25.4 Å². The normalized spacial score (nSPS) is 18.9. The van der Waals surface area contributed by atoms with Gasteiger partial charge in [0.1, 0.15) is 5.82 Å². The van der Waals surface area contributed by atoms with Crippen LogP contribution in [-0.4, -0.2) is 39.9 Å². The maximum Gasteiger partial charge on any atom is 0.416 e. The number of alkyl halides is 6. The van der Waals surface area contributed by atoms with Crippen LogP contribution in [0.5, 0.6) is 0 Å². The highest BCUT2D eigenvalue weighted by Crippen LogP contribution is 2.40. The molecule has 0 bridgehead atoms. The molecule has 2 aromatic rings. The standard InChI is InChI=1S/C26H29F7N2OS/c1-15(2)37-21-7-8-35(23(13-21)22-6-5-20(27)9-16(22)3)24(36)34(4)14-17-10-18(25(28,29)30)12-19(11-17)26(31,32)33/h5-6,9-12,15,21,23H,7-8,13-14H2,1-4H3/t21-,23+/m0/s1. The number of benzene rings is 2. The first-order valence-electron chi connectivity index (χ1n) is 11.8. The number of thioether (sulfide) groups is 1. The van der Waals surface area contributed by atoms with Crippen molar-refractivity contribution in [3.63, 3.8) is 0 Å². The van der Waals surface area contributed by atoms with E-state index in [0.29, 0.717) is 42.3 Å². The molecular formula is C26H29F7N2OS. The fraction of sp³-hybridized carbons (Fsp3) is 0.500. The zero-order valence-corrected chi connectivity index (χ0v) is 21.7. The molecule has 1 saturated heterocycles. The van der Waals surface area contributed by atoms with E-state index in [0.717, 1.165) is 10.5 Å². The number of hydrogen-bond donors (Lipinski definition) is 0. The maximum absolute atomic E-state index is 13.8. The predicted octanol–water partition coefficient (Wildman–Crippen LogP) is 8.07. The molecule has 0 aliphatic carbocycles. The van der Waals surface area contributed by atoms with Crippen LogP contribution in [0.4, 0.5) is 35.5 Å². The molecule has 2 aromatic carbocycles. The first-order valence-corrected chi connectivity index (χ1v) is 12.7. The van der Waals surface area contributed by atoms with Gasteiger partial charge in [0.15, 0.2) is 0 Å². The molecule has 3 nitrogen and oxygen atoms in total. The Bertz CT molecular complexity index is 1080. The zero-order valence-electron chi connectivity index (χ0n) is 20.9. The summed E-state index contributed by atoms with van der Waals surface area (Å²) in [6.45, 7) is 5.79. The van der Waals surface area contributed by atoms with Gasteiger partial charge in [0.2, 0.25) is 0 Å². The van der Waals surface area contributed by atoms with E-state index in [-0.39, 0.29) is 16.9 Å². The minimum absolute atomic E-state index is 0.0653. The van der Waals surface area contributed by atoms with Crippen molar-refractivity contribution in [2.45, 2.75) is 69.1 Å². The molecule has 0 saturated carbocycles. The van der Waals surface area contributed by atoms with Gasteiger partial charge in [0.05, 0.1) is 17.2 Å². The third kappa shape index (κ3) is 7.33. The average molecular weight is 551 g/mol. The summed E-state index contributed by atoms with van der Waals surface area (Å²) in [4.78, 5) is 16.2. The Morgan fingerprint density at radius 3 is 2.16 bits per heavy atom. The predicted molar refractivity (Wildman–Crippen MR) is 130 cm³/mol. The number of halogens is 7. The quantitative estimate of drug-likeness (QED) is 0.352. The number of piperidine rings is 1. The van der Waals surface area contributed by atoms with Crippen molar-refractivity contribution in [3.05, 3.63) is 70.0 Å². The van der Waals surface area contributed by atoms with E-state index in [9.17, 15) is 35.5 Å². The van der Waals surface area contributed by atoms with Gasteiger partial charge >= 0.3 is 18.4 Å². The summed E-state index contributed by atoms with van der Waals surface area (Å²) in [6, 6.07) is 4.71. The molecule has 11 heteroatoms. The highest BCUT2D eigenvalue weighted by molar-refractivity contribution is 8.00. The SMILES string of the molecule is Cc1cc(F)ccc1[C@H]1C[C@@H](SC(C)C)CCN1C(=O)N(C)Cc1cc(C(F)(F)F)cc(C(F)(F)F)c1. The van der Waals surface area contributed by atoms with E-state index in [1.54, 1.807) is 29.7 Å². The Hall–Kier alpha value is -2.43. The van der Waals surface area contributed by atoms with Crippen molar-refractivity contribution in [3.8, 4) is 0 Å². The van der Waals surface area contributed by atoms with Crippen LogP contribution in [0.15, 0.2) is 36.4 Å². The molecule has 204 valence electrons. The summed E-state index contributed by atoms with van der Waals surface area (Å²) < 4.78 is 93.4. The molecule has 1 aliphatic rings. The van der Waals surface area contributed by atoms with Crippen LogP contribution in [0.25, 0.3) is 0 Å². The number of hydrogen-bond acceptors (Lipinski definition) is 2. The van der Waals surface area contributed by atoms with Crippen molar-refractivity contribution in [1.29, 1.82) is 0 Å². The second-order valence-electron chi connectivity index (χ2n) is 9.59. The Morgan fingerprint density at radius 2 is 1.65 bits per heavy atom. The summed E-state index contributed by atoms with van der Waals surface area (Å²) in [5, 5.41) is 0.593. The van der Waals surface area contributed by atoms with Crippen LogP contribution in [0.1, 0.15) is 60.5 Å². The molecule has 37 heavy (non-hydrogen) atoms. The zero-order chi connectivity index (χ0) is 27.7. The van der Waals surface area contributed by atoms with E-state index < -0.39 is 47.9 Å². The number of carbonyl (C=O) groups excluding carboxylic acids is 1. The first-order chi connectivity index (χ1) is 17.1. The molecule has 1 fully saturated rings. The number of amides is 2. The molecule has 3 rings (SSSR count). The van der Waals surface area contributed by atoms with Crippen LogP contribution >= 0.6 is 11.8 Å². The van der Waals surface area contributed by atoms with Gasteiger partial charge in [-0.15, -0.1) is 0 Å². The third-order valence-electron chi connectivity index (χ3n) is 6.25. The Balaban J connectivity index is 1.90. The fourth-order valence-corrected chi connectivity index (χ4v) is 5.95. The van der Waals surface area contributed by atoms with Gasteiger partial charge in [-0.25, -0.2) is 9.18 Å². The third-order valence-corrected chi connectivity index (χ3v) is 7.61. The van der Waals surface area contributed by atoms with Gasteiger partial charge in [-0.2, -0.15) is 38.1 Å². The number of urea groups is 1. The Morgan fingerprint density at radius 1 is 1.05 bits per heavy atom. The summed E-state index contributed by atoms with van der Waals surface area (Å²) in [6.07, 6.45) is -8.67. The van der Waals surface area contributed by atoms with Gasteiger partial charge in [0.25, 0.3) is 0 Å². The second kappa shape index (κ2) is 11.1. The largest absolute Gasteiger partial charge is 0.416 e. The lowest BCUT2D eigenvalue weighted by molar-refractivity contribution is -0.143. The van der Waals surface area contributed by atoms with E-state index >= 15 is 0 Å². The van der Waals surface area contributed by atoms with E-state index in [1.165, 1.54) is 19.2 Å². The molecule has 0 aromatic heterocycles. The fourth-order valence-electron chi connectivity index (χ4n) is 4.65. The molecule has 1 heterocycles. The lowest BCUT2D eigenvalue weighted by atomic mass is 9.92. The van der Waals surface area contributed by atoms with Crippen molar-refractivity contribution < 1.29 is 35.5 Å². The summed E-state index contributed by atoms with van der Waals surface area (Å²) in [7, 11) is 1.35. The van der Waals surface area contributed by atoms with Crippen molar-refractivity contribution in [2.24, 2.45) is 0 Å². The van der Waals surface area contributed by atoms with Crippen molar-refractivity contribution in [1.82, 2.24) is 9.80 Å². The second-order valence-corrected chi connectivity index (χ2v) is 11.5. The molecule has 1 aliphatic heterocycles. The number of rotatable bonds is 5. The van der Waals surface area contributed by atoms with Crippen LogP contribution in [0.3, 0.4) is 0 Å². The van der Waals surface area contributed by atoms with Crippen LogP contribution in [0.2, 0.25) is 0 Å². The lowest BCUT2D eigenvalue weighted by Crippen LogP contribution is -2.47.